The molecule has 2 aromatic carbocycles. The van der Waals surface area contributed by atoms with Crippen molar-refractivity contribution in [3.8, 4) is 5.75 Å². The maximum absolute atomic E-state index is 12.2. The first-order valence-electron chi connectivity index (χ1n) is 6.61. The summed E-state index contributed by atoms with van der Waals surface area (Å²) in [4.78, 5) is 12.2. The molecular formula is C16H14Br2N2O3. The van der Waals surface area contributed by atoms with Crippen molar-refractivity contribution >= 4 is 44.0 Å². The Morgan fingerprint density at radius 1 is 1.30 bits per heavy atom. The number of phenols is 1. The molecule has 7 heteroatoms. The molecule has 120 valence electrons. The predicted molar refractivity (Wildman–Crippen MR) is 95.4 cm³/mol. The van der Waals surface area contributed by atoms with Crippen molar-refractivity contribution in [2.45, 2.75) is 6.10 Å². The lowest BCUT2D eigenvalue weighted by Gasteiger charge is -2.13. The molecule has 23 heavy (non-hydrogen) atoms. The number of aromatic hydroxyl groups is 1. The number of hydrazone groups is 1. The van der Waals surface area contributed by atoms with Crippen LogP contribution < -0.4 is 5.43 Å². The number of benzene rings is 2. The zero-order chi connectivity index (χ0) is 16.8. The third-order valence-electron chi connectivity index (χ3n) is 3.01. The van der Waals surface area contributed by atoms with E-state index in [0.717, 1.165) is 10.0 Å². The monoisotopic (exact) mass is 440 g/mol. The van der Waals surface area contributed by atoms with Gasteiger partial charge in [0.1, 0.15) is 5.75 Å². The summed E-state index contributed by atoms with van der Waals surface area (Å²) >= 11 is 6.56. The van der Waals surface area contributed by atoms with E-state index in [1.807, 2.05) is 18.2 Å². The molecule has 1 atom stereocenters. The first kappa shape index (κ1) is 17.7. The van der Waals surface area contributed by atoms with Crippen LogP contribution in [0.15, 0.2) is 56.5 Å². The van der Waals surface area contributed by atoms with E-state index in [-0.39, 0.29) is 5.75 Å². The summed E-state index contributed by atoms with van der Waals surface area (Å²) < 4.78 is 6.51. The molecule has 0 aliphatic rings. The fourth-order valence-electron chi connectivity index (χ4n) is 1.93. The normalized spacial score (nSPS) is 12.3. The Hall–Kier alpha value is -1.70. The van der Waals surface area contributed by atoms with Crippen molar-refractivity contribution in [2.75, 3.05) is 7.11 Å². The number of carbonyl (C=O) groups is 1. The van der Waals surface area contributed by atoms with Crippen molar-refractivity contribution < 1.29 is 14.6 Å². The standard InChI is InChI=1S/C16H14Br2N2O3/c1-23-15(10-5-3-2-4-6-10)16(22)20-19-9-11-7-12(17)8-13(18)14(11)21/h2-9,15,21H,1H3,(H,20,22)/b19-9-/t15-/m0/s1. The molecule has 0 saturated carbocycles. The SMILES string of the molecule is CO[C@H](C(=O)N/N=C\c1cc(Br)cc(Br)c1O)c1ccccc1. The van der Waals surface area contributed by atoms with Crippen LogP contribution in [0.5, 0.6) is 5.75 Å². The Bertz CT molecular complexity index is 721. The van der Waals surface area contributed by atoms with E-state index in [1.54, 1.807) is 24.3 Å². The molecule has 0 aliphatic heterocycles. The Balaban J connectivity index is 2.09. The molecule has 0 unspecified atom stereocenters. The van der Waals surface area contributed by atoms with Crippen LogP contribution >= 0.6 is 31.9 Å². The Kier molecular flexibility index (Phi) is 6.32. The lowest BCUT2D eigenvalue weighted by molar-refractivity contribution is -0.131. The topological polar surface area (TPSA) is 70.9 Å². The van der Waals surface area contributed by atoms with Gasteiger partial charge in [-0.3, -0.25) is 4.79 Å². The van der Waals surface area contributed by atoms with Crippen molar-refractivity contribution in [2.24, 2.45) is 5.10 Å². The number of ether oxygens (including phenoxy) is 1. The second-order valence-electron chi connectivity index (χ2n) is 4.59. The fraction of sp³-hybridized carbons (Fsp3) is 0.125. The lowest BCUT2D eigenvalue weighted by atomic mass is 10.1. The largest absolute Gasteiger partial charge is 0.506 e. The van der Waals surface area contributed by atoms with Crippen LogP contribution in [0.2, 0.25) is 0 Å². The highest BCUT2D eigenvalue weighted by Crippen LogP contribution is 2.30. The van der Waals surface area contributed by atoms with E-state index in [4.69, 9.17) is 4.74 Å². The molecule has 0 bridgehead atoms. The molecule has 2 rings (SSSR count). The summed E-state index contributed by atoms with van der Waals surface area (Å²) in [6.45, 7) is 0. The number of rotatable bonds is 5. The van der Waals surface area contributed by atoms with Gasteiger partial charge >= 0.3 is 0 Å². The second kappa shape index (κ2) is 8.24. The van der Waals surface area contributed by atoms with Crippen LogP contribution in [-0.2, 0) is 9.53 Å². The molecule has 0 aromatic heterocycles. The smallest absolute Gasteiger partial charge is 0.273 e. The molecule has 0 aliphatic carbocycles. The molecule has 0 fully saturated rings. The summed E-state index contributed by atoms with van der Waals surface area (Å²) in [5.41, 5.74) is 3.60. The van der Waals surface area contributed by atoms with Gasteiger partial charge in [0.25, 0.3) is 5.91 Å². The van der Waals surface area contributed by atoms with Gasteiger partial charge in [-0.2, -0.15) is 5.10 Å². The molecule has 0 spiro atoms. The molecule has 2 aromatic rings. The first-order valence-corrected chi connectivity index (χ1v) is 8.20. The van der Waals surface area contributed by atoms with Crippen molar-refractivity contribution in [3.63, 3.8) is 0 Å². The van der Waals surface area contributed by atoms with E-state index >= 15 is 0 Å². The molecule has 1 amide bonds. The van der Waals surface area contributed by atoms with Gasteiger partial charge in [-0.05, 0) is 33.6 Å². The van der Waals surface area contributed by atoms with E-state index in [2.05, 4.69) is 42.4 Å². The Morgan fingerprint density at radius 2 is 2.00 bits per heavy atom. The summed E-state index contributed by atoms with van der Waals surface area (Å²) in [7, 11) is 1.46. The van der Waals surface area contributed by atoms with Crippen LogP contribution in [0, 0.1) is 0 Å². The van der Waals surface area contributed by atoms with Crippen molar-refractivity contribution in [3.05, 3.63) is 62.5 Å². The van der Waals surface area contributed by atoms with Gasteiger partial charge in [-0.15, -0.1) is 0 Å². The number of phenolic OH excluding ortho intramolecular Hbond substituents is 1. The highest BCUT2D eigenvalue weighted by Gasteiger charge is 2.19. The molecule has 0 radical (unpaired) electrons. The summed E-state index contributed by atoms with van der Waals surface area (Å²) in [6.07, 6.45) is 0.608. The number of nitrogens with one attached hydrogen (secondary N) is 1. The van der Waals surface area contributed by atoms with Gasteiger partial charge in [-0.1, -0.05) is 46.3 Å². The van der Waals surface area contributed by atoms with Crippen molar-refractivity contribution in [1.29, 1.82) is 0 Å². The lowest BCUT2D eigenvalue weighted by Crippen LogP contribution is -2.26. The molecule has 0 heterocycles. The van der Waals surface area contributed by atoms with Gasteiger partial charge in [0.15, 0.2) is 6.10 Å². The number of amides is 1. The van der Waals surface area contributed by atoms with Gasteiger partial charge in [0.2, 0.25) is 0 Å². The van der Waals surface area contributed by atoms with Crippen LogP contribution in [0.3, 0.4) is 0 Å². The highest BCUT2D eigenvalue weighted by molar-refractivity contribution is 9.11. The zero-order valence-electron chi connectivity index (χ0n) is 12.2. The Morgan fingerprint density at radius 3 is 2.65 bits per heavy atom. The predicted octanol–water partition coefficient (Wildman–Crippen LogP) is 3.76. The third kappa shape index (κ3) is 4.63. The quantitative estimate of drug-likeness (QED) is 0.548. The van der Waals surface area contributed by atoms with E-state index < -0.39 is 12.0 Å². The maximum atomic E-state index is 12.2. The van der Waals surface area contributed by atoms with Crippen LogP contribution in [0.1, 0.15) is 17.2 Å². The zero-order valence-corrected chi connectivity index (χ0v) is 15.3. The second-order valence-corrected chi connectivity index (χ2v) is 6.36. The molecule has 5 nitrogen and oxygen atoms in total. The first-order chi connectivity index (χ1) is 11.0. The highest BCUT2D eigenvalue weighted by atomic mass is 79.9. The van der Waals surface area contributed by atoms with E-state index in [1.165, 1.54) is 13.3 Å². The maximum Gasteiger partial charge on any atom is 0.273 e. The van der Waals surface area contributed by atoms with Gasteiger partial charge in [0.05, 0.1) is 10.7 Å². The third-order valence-corrected chi connectivity index (χ3v) is 4.07. The average molecular weight is 442 g/mol. The fourth-order valence-corrected chi connectivity index (χ4v) is 3.19. The van der Waals surface area contributed by atoms with Gasteiger partial charge in [0, 0.05) is 17.1 Å². The average Bonchev–Trinajstić information content (AvgIpc) is 2.53. The number of carbonyl (C=O) groups excluding carboxylic acids is 1. The van der Waals surface area contributed by atoms with Gasteiger partial charge in [-0.25, -0.2) is 5.43 Å². The number of methoxy groups -OCH3 is 1. The Labute approximate surface area is 150 Å². The molecule has 0 saturated heterocycles. The van der Waals surface area contributed by atoms with E-state index in [9.17, 15) is 9.90 Å². The van der Waals surface area contributed by atoms with Gasteiger partial charge < -0.3 is 9.84 Å². The van der Waals surface area contributed by atoms with E-state index in [0.29, 0.717) is 10.0 Å². The van der Waals surface area contributed by atoms with Crippen molar-refractivity contribution in [1.82, 2.24) is 5.43 Å². The van der Waals surface area contributed by atoms with Crippen LogP contribution in [-0.4, -0.2) is 24.3 Å². The number of halogens is 2. The minimum atomic E-state index is -0.754. The summed E-state index contributed by atoms with van der Waals surface area (Å²) in [6, 6.07) is 12.5. The molecular weight excluding hydrogens is 428 g/mol. The summed E-state index contributed by atoms with van der Waals surface area (Å²) in [5, 5.41) is 13.8. The number of nitrogens with zero attached hydrogens (tertiary/aromatic N) is 1. The molecule has 2 N–H and O–H groups in total. The summed E-state index contributed by atoms with van der Waals surface area (Å²) in [5.74, 6) is -0.360. The minimum Gasteiger partial charge on any atom is -0.506 e. The van der Waals surface area contributed by atoms with Crippen LogP contribution in [0.25, 0.3) is 0 Å². The number of hydrogen-bond acceptors (Lipinski definition) is 4. The minimum absolute atomic E-state index is 0.0394. The number of hydrogen-bond donors (Lipinski definition) is 2. The van der Waals surface area contributed by atoms with Crippen LogP contribution in [0.4, 0.5) is 0 Å².